The number of carbonyl (C=O) groups is 1. The third-order valence-corrected chi connectivity index (χ3v) is 3.80. The first kappa shape index (κ1) is 13.6. The Morgan fingerprint density at radius 1 is 1.62 bits per heavy atom. The molecule has 5 heteroatoms. The van der Waals surface area contributed by atoms with Gasteiger partial charge in [-0.2, -0.15) is 0 Å². The molecule has 2 N–H and O–H groups in total. The summed E-state index contributed by atoms with van der Waals surface area (Å²) in [7, 11) is -0.843. The maximum absolute atomic E-state index is 11.6. The van der Waals surface area contributed by atoms with Crippen LogP contribution in [0.25, 0.3) is 0 Å². The molecule has 0 aliphatic carbocycles. The van der Waals surface area contributed by atoms with Crippen LogP contribution < -0.4 is 10.6 Å². The second kappa shape index (κ2) is 7.01. The number of carbonyl (C=O) groups excluding carboxylic acids is 1. The number of hydrogen-bond acceptors (Lipinski definition) is 3. The standard InChI is InChI=1S/C11H22N2O2S/c1-9(8-16(2)15)13-11(14)4-3-10-5-6-12-7-10/h9-10,12H,3-8H2,1-2H3,(H,13,14). The second-order valence-corrected chi connectivity index (χ2v) is 6.09. The summed E-state index contributed by atoms with van der Waals surface area (Å²) in [5, 5.41) is 6.17. The zero-order chi connectivity index (χ0) is 12.0. The molecule has 0 radical (unpaired) electrons. The third kappa shape index (κ3) is 5.61. The van der Waals surface area contributed by atoms with E-state index in [-0.39, 0.29) is 11.9 Å². The Bertz CT molecular complexity index is 252. The van der Waals surface area contributed by atoms with Crippen molar-refractivity contribution in [2.45, 2.75) is 32.2 Å². The lowest BCUT2D eigenvalue weighted by Crippen LogP contribution is -2.36. The molecule has 1 fully saturated rings. The average Bonchev–Trinajstić information content (AvgIpc) is 2.65. The minimum absolute atomic E-state index is 0.0139. The Morgan fingerprint density at radius 3 is 2.94 bits per heavy atom. The lowest BCUT2D eigenvalue weighted by atomic mass is 10.0. The van der Waals surface area contributed by atoms with Crippen molar-refractivity contribution in [3.63, 3.8) is 0 Å². The van der Waals surface area contributed by atoms with E-state index in [1.54, 1.807) is 6.26 Å². The van der Waals surface area contributed by atoms with Gasteiger partial charge in [0.25, 0.3) is 0 Å². The zero-order valence-corrected chi connectivity index (χ0v) is 10.9. The molecule has 1 heterocycles. The second-order valence-electron chi connectivity index (χ2n) is 4.61. The van der Waals surface area contributed by atoms with Crippen LogP contribution in [-0.2, 0) is 15.6 Å². The van der Waals surface area contributed by atoms with Gasteiger partial charge in [-0.15, -0.1) is 0 Å². The maximum Gasteiger partial charge on any atom is 0.220 e. The molecule has 3 atom stereocenters. The lowest BCUT2D eigenvalue weighted by molar-refractivity contribution is -0.121. The highest BCUT2D eigenvalue weighted by atomic mass is 32.2. The van der Waals surface area contributed by atoms with Crippen molar-refractivity contribution in [2.75, 3.05) is 25.1 Å². The van der Waals surface area contributed by atoms with Crippen molar-refractivity contribution < 1.29 is 9.00 Å². The van der Waals surface area contributed by atoms with Crippen LogP contribution in [0.3, 0.4) is 0 Å². The summed E-state index contributed by atoms with van der Waals surface area (Å²) < 4.78 is 11.0. The quantitative estimate of drug-likeness (QED) is 0.707. The molecule has 0 bridgehead atoms. The van der Waals surface area contributed by atoms with Gasteiger partial charge < -0.3 is 10.6 Å². The third-order valence-electron chi connectivity index (χ3n) is 2.83. The molecule has 1 amide bonds. The monoisotopic (exact) mass is 246 g/mol. The summed E-state index contributed by atoms with van der Waals surface area (Å²) in [6.45, 7) is 4.02. The number of nitrogens with one attached hydrogen (secondary N) is 2. The summed E-state index contributed by atoms with van der Waals surface area (Å²) in [6.07, 6.45) is 4.39. The first-order valence-electron chi connectivity index (χ1n) is 5.88. The van der Waals surface area contributed by atoms with Crippen LogP contribution in [0.5, 0.6) is 0 Å². The molecule has 1 saturated heterocycles. The number of hydrogen-bond donors (Lipinski definition) is 2. The van der Waals surface area contributed by atoms with Crippen molar-refractivity contribution in [1.29, 1.82) is 0 Å². The van der Waals surface area contributed by atoms with Crippen LogP contribution >= 0.6 is 0 Å². The Hall–Kier alpha value is -0.420. The molecule has 0 saturated carbocycles. The fourth-order valence-corrected chi connectivity index (χ4v) is 2.82. The average molecular weight is 246 g/mol. The molecular weight excluding hydrogens is 224 g/mol. The first-order valence-corrected chi connectivity index (χ1v) is 7.60. The molecule has 94 valence electrons. The van der Waals surface area contributed by atoms with Crippen LogP contribution in [0.2, 0.25) is 0 Å². The molecule has 0 aromatic heterocycles. The van der Waals surface area contributed by atoms with Crippen LogP contribution in [0.1, 0.15) is 26.2 Å². The van der Waals surface area contributed by atoms with Gasteiger partial charge >= 0.3 is 0 Å². The summed E-state index contributed by atoms with van der Waals surface area (Å²) in [6, 6.07) is 0.0139. The van der Waals surface area contributed by atoms with Gasteiger partial charge in [0.2, 0.25) is 5.91 Å². The fourth-order valence-electron chi connectivity index (χ4n) is 2.04. The van der Waals surface area contributed by atoms with Gasteiger partial charge in [0.05, 0.1) is 0 Å². The highest BCUT2D eigenvalue weighted by Gasteiger charge is 2.16. The summed E-state index contributed by atoms with van der Waals surface area (Å²) in [5.74, 6) is 1.28. The Morgan fingerprint density at radius 2 is 2.38 bits per heavy atom. The van der Waals surface area contributed by atoms with Gasteiger partial charge in [-0.05, 0) is 38.8 Å². The van der Waals surface area contributed by atoms with Crippen molar-refractivity contribution in [2.24, 2.45) is 5.92 Å². The molecule has 16 heavy (non-hydrogen) atoms. The van der Waals surface area contributed by atoms with E-state index in [4.69, 9.17) is 0 Å². The van der Waals surface area contributed by atoms with Crippen molar-refractivity contribution in [1.82, 2.24) is 10.6 Å². The molecule has 4 nitrogen and oxygen atoms in total. The van der Waals surface area contributed by atoms with Crippen LogP contribution in [0.4, 0.5) is 0 Å². The van der Waals surface area contributed by atoms with Gasteiger partial charge in [0.15, 0.2) is 0 Å². The molecule has 1 aliphatic heterocycles. The maximum atomic E-state index is 11.6. The smallest absolute Gasteiger partial charge is 0.220 e. The predicted molar refractivity (Wildman–Crippen MR) is 66.7 cm³/mol. The Kier molecular flexibility index (Phi) is 5.98. The molecule has 0 spiro atoms. The topological polar surface area (TPSA) is 58.2 Å². The lowest BCUT2D eigenvalue weighted by Gasteiger charge is -2.13. The van der Waals surface area contributed by atoms with Crippen LogP contribution in [-0.4, -0.2) is 41.3 Å². The molecule has 0 aromatic rings. The minimum Gasteiger partial charge on any atom is -0.353 e. The van der Waals surface area contributed by atoms with Gasteiger partial charge in [-0.3, -0.25) is 9.00 Å². The predicted octanol–water partition coefficient (Wildman–Crippen LogP) is 0.259. The first-order chi connectivity index (χ1) is 7.58. The van der Waals surface area contributed by atoms with E-state index >= 15 is 0 Å². The van der Waals surface area contributed by atoms with E-state index < -0.39 is 10.8 Å². The molecule has 1 rings (SSSR count). The minimum atomic E-state index is -0.843. The van der Waals surface area contributed by atoms with E-state index in [1.807, 2.05) is 6.92 Å². The Labute approximate surface area is 100 Å². The van der Waals surface area contributed by atoms with E-state index in [2.05, 4.69) is 10.6 Å². The largest absolute Gasteiger partial charge is 0.353 e. The molecular formula is C11H22N2O2S. The summed E-state index contributed by atoms with van der Waals surface area (Å²) >= 11 is 0. The summed E-state index contributed by atoms with van der Waals surface area (Å²) in [4.78, 5) is 11.6. The fraction of sp³-hybridized carbons (Fsp3) is 0.909. The zero-order valence-electron chi connectivity index (χ0n) is 10.1. The molecule has 0 aromatic carbocycles. The number of amides is 1. The molecule has 1 aliphatic rings. The SMILES string of the molecule is CC(CS(C)=O)NC(=O)CCC1CCNC1. The highest BCUT2D eigenvalue weighted by Crippen LogP contribution is 2.13. The van der Waals surface area contributed by atoms with Gasteiger partial charge in [-0.25, -0.2) is 0 Å². The van der Waals surface area contributed by atoms with E-state index in [1.165, 1.54) is 6.42 Å². The van der Waals surface area contributed by atoms with E-state index in [9.17, 15) is 9.00 Å². The number of rotatable bonds is 6. The van der Waals surface area contributed by atoms with Crippen LogP contribution in [0, 0.1) is 5.92 Å². The van der Waals surface area contributed by atoms with E-state index in [0.717, 1.165) is 19.5 Å². The van der Waals surface area contributed by atoms with Crippen molar-refractivity contribution in [3.8, 4) is 0 Å². The summed E-state index contributed by atoms with van der Waals surface area (Å²) in [5.41, 5.74) is 0. The normalized spacial score (nSPS) is 24.0. The van der Waals surface area contributed by atoms with Gasteiger partial charge in [0, 0.05) is 35.3 Å². The van der Waals surface area contributed by atoms with Gasteiger partial charge in [0.1, 0.15) is 0 Å². The van der Waals surface area contributed by atoms with Crippen LogP contribution in [0.15, 0.2) is 0 Å². The highest BCUT2D eigenvalue weighted by molar-refractivity contribution is 7.84. The Balaban J connectivity index is 2.12. The van der Waals surface area contributed by atoms with Crippen molar-refractivity contribution in [3.05, 3.63) is 0 Å². The van der Waals surface area contributed by atoms with Gasteiger partial charge in [-0.1, -0.05) is 0 Å². The van der Waals surface area contributed by atoms with Crippen molar-refractivity contribution >= 4 is 16.7 Å². The van der Waals surface area contributed by atoms with E-state index in [0.29, 0.717) is 18.1 Å². The molecule has 3 unspecified atom stereocenters.